The molecule has 0 atom stereocenters. The van der Waals surface area contributed by atoms with E-state index in [1.54, 1.807) is 24.3 Å². The lowest BCUT2D eigenvalue weighted by Crippen LogP contribution is -2.49. The summed E-state index contributed by atoms with van der Waals surface area (Å²) in [6.45, 7) is 4.35. The van der Waals surface area contributed by atoms with Gasteiger partial charge in [0.2, 0.25) is 5.91 Å². The highest BCUT2D eigenvalue weighted by atomic mass is 35.5. The number of halogens is 1. The van der Waals surface area contributed by atoms with Crippen LogP contribution in [-0.4, -0.2) is 60.9 Å². The third-order valence-electron chi connectivity index (χ3n) is 5.51. The van der Waals surface area contributed by atoms with Gasteiger partial charge >= 0.3 is 0 Å². The first-order valence-corrected chi connectivity index (χ1v) is 10.8. The van der Waals surface area contributed by atoms with Crippen molar-refractivity contribution in [1.29, 1.82) is 0 Å². The number of para-hydroxylation sites is 1. The first-order chi connectivity index (χ1) is 14.6. The second kappa shape index (κ2) is 9.49. The Kier molecular flexibility index (Phi) is 6.55. The van der Waals surface area contributed by atoms with Gasteiger partial charge in [-0.1, -0.05) is 23.7 Å². The van der Waals surface area contributed by atoms with Crippen LogP contribution in [0.3, 0.4) is 0 Å². The van der Waals surface area contributed by atoms with Crippen molar-refractivity contribution < 1.29 is 14.3 Å². The Hall–Kier alpha value is -2.57. The van der Waals surface area contributed by atoms with Gasteiger partial charge in [-0.2, -0.15) is 0 Å². The summed E-state index contributed by atoms with van der Waals surface area (Å²) in [5.41, 5.74) is 1.39. The molecule has 158 valence electrons. The van der Waals surface area contributed by atoms with E-state index in [9.17, 15) is 9.59 Å². The Bertz CT molecular complexity index is 891. The number of carbonyl (C=O) groups is 2. The highest BCUT2D eigenvalue weighted by Crippen LogP contribution is 2.30. The second-order valence-electron chi connectivity index (χ2n) is 7.75. The van der Waals surface area contributed by atoms with Crippen molar-refractivity contribution in [3.05, 3.63) is 59.1 Å². The normalized spacial score (nSPS) is 16.9. The number of amides is 2. The largest absolute Gasteiger partial charge is 0.491 e. The number of benzene rings is 2. The van der Waals surface area contributed by atoms with Crippen LogP contribution in [0.5, 0.6) is 5.75 Å². The Morgan fingerprint density at radius 3 is 2.37 bits per heavy atom. The number of piperazine rings is 1. The lowest BCUT2D eigenvalue weighted by Gasteiger charge is -2.34. The smallest absolute Gasteiger partial charge is 0.253 e. The summed E-state index contributed by atoms with van der Waals surface area (Å²) >= 11 is 6.11. The second-order valence-corrected chi connectivity index (χ2v) is 8.16. The fourth-order valence-electron chi connectivity index (χ4n) is 3.49. The number of anilines is 1. The molecule has 2 aromatic rings. The number of hydrogen-bond acceptors (Lipinski definition) is 4. The molecule has 7 heteroatoms. The summed E-state index contributed by atoms with van der Waals surface area (Å²) in [5.74, 6) is 0.966. The van der Waals surface area contributed by atoms with Crippen LogP contribution in [0.25, 0.3) is 0 Å². The van der Waals surface area contributed by atoms with Gasteiger partial charge in [0.25, 0.3) is 5.91 Å². The van der Waals surface area contributed by atoms with E-state index in [1.807, 2.05) is 29.2 Å². The predicted octanol–water partition coefficient (Wildman–Crippen LogP) is 3.53. The van der Waals surface area contributed by atoms with E-state index >= 15 is 0 Å². The van der Waals surface area contributed by atoms with E-state index in [2.05, 4.69) is 10.2 Å². The van der Waals surface area contributed by atoms with Crippen molar-refractivity contribution in [1.82, 2.24) is 9.80 Å². The molecule has 1 saturated carbocycles. The van der Waals surface area contributed by atoms with E-state index in [1.165, 1.54) is 0 Å². The summed E-state index contributed by atoms with van der Waals surface area (Å²) in [4.78, 5) is 28.8. The summed E-state index contributed by atoms with van der Waals surface area (Å²) in [7, 11) is 0. The molecule has 2 amide bonds. The minimum absolute atomic E-state index is 0.0297. The standard InChI is InChI=1S/C23H26ClN3O3/c24-20-3-1-2-4-21(20)30-16-15-26-11-13-27(14-12-26)23(29)18-7-9-19(10-8-18)25-22(28)17-5-6-17/h1-4,7-10,17H,5-6,11-16H2,(H,25,28). The molecule has 1 saturated heterocycles. The number of carbonyl (C=O) groups excluding carboxylic acids is 2. The highest BCUT2D eigenvalue weighted by Gasteiger charge is 2.29. The van der Waals surface area contributed by atoms with Gasteiger partial charge in [-0.15, -0.1) is 0 Å². The zero-order chi connectivity index (χ0) is 20.9. The van der Waals surface area contributed by atoms with Crippen LogP contribution in [0.1, 0.15) is 23.2 Å². The minimum Gasteiger partial charge on any atom is -0.491 e. The van der Waals surface area contributed by atoms with E-state index in [4.69, 9.17) is 16.3 Å². The van der Waals surface area contributed by atoms with Crippen LogP contribution in [-0.2, 0) is 4.79 Å². The molecule has 6 nitrogen and oxygen atoms in total. The van der Waals surface area contributed by atoms with Gasteiger partial charge < -0.3 is 15.0 Å². The number of nitrogens with one attached hydrogen (secondary N) is 1. The van der Waals surface area contributed by atoms with Crippen molar-refractivity contribution in [2.24, 2.45) is 5.92 Å². The molecule has 1 N–H and O–H groups in total. The third-order valence-corrected chi connectivity index (χ3v) is 5.82. The molecule has 0 aromatic heterocycles. The lowest BCUT2D eigenvalue weighted by atomic mass is 10.1. The molecule has 1 heterocycles. The monoisotopic (exact) mass is 427 g/mol. The van der Waals surface area contributed by atoms with Crippen molar-refractivity contribution in [3.8, 4) is 5.75 Å². The molecule has 0 radical (unpaired) electrons. The summed E-state index contributed by atoms with van der Waals surface area (Å²) < 4.78 is 5.76. The Labute approximate surface area is 181 Å². The van der Waals surface area contributed by atoms with Crippen LogP contribution < -0.4 is 10.1 Å². The third kappa shape index (κ3) is 5.32. The molecule has 2 fully saturated rings. The number of rotatable bonds is 7. The molecule has 2 aliphatic rings. The topological polar surface area (TPSA) is 61.9 Å². The van der Waals surface area contributed by atoms with Gasteiger partial charge in [0, 0.05) is 49.9 Å². The molecule has 0 spiro atoms. The molecule has 0 unspecified atom stereocenters. The van der Waals surface area contributed by atoms with Crippen molar-refractivity contribution in [2.45, 2.75) is 12.8 Å². The molecule has 4 rings (SSSR count). The molecule has 30 heavy (non-hydrogen) atoms. The van der Waals surface area contributed by atoms with Gasteiger partial charge in [0.1, 0.15) is 12.4 Å². The van der Waals surface area contributed by atoms with E-state index in [0.29, 0.717) is 36.0 Å². The lowest BCUT2D eigenvalue weighted by molar-refractivity contribution is -0.117. The minimum atomic E-state index is 0.0297. The average Bonchev–Trinajstić information content (AvgIpc) is 3.61. The molecule has 0 bridgehead atoms. The van der Waals surface area contributed by atoms with Crippen molar-refractivity contribution in [2.75, 3.05) is 44.6 Å². The zero-order valence-corrected chi connectivity index (χ0v) is 17.6. The van der Waals surface area contributed by atoms with Crippen molar-refractivity contribution in [3.63, 3.8) is 0 Å². The van der Waals surface area contributed by atoms with Crippen LogP contribution in [0, 0.1) is 5.92 Å². The van der Waals surface area contributed by atoms with Gasteiger partial charge in [0.05, 0.1) is 5.02 Å². The van der Waals surface area contributed by atoms with Crippen LogP contribution in [0.2, 0.25) is 5.02 Å². The van der Waals surface area contributed by atoms with Gasteiger partial charge in [-0.25, -0.2) is 0 Å². The zero-order valence-electron chi connectivity index (χ0n) is 16.9. The first-order valence-electron chi connectivity index (χ1n) is 10.4. The van der Waals surface area contributed by atoms with Crippen molar-refractivity contribution >= 4 is 29.1 Å². The Morgan fingerprint density at radius 1 is 1.00 bits per heavy atom. The Morgan fingerprint density at radius 2 is 1.70 bits per heavy atom. The maximum absolute atomic E-state index is 12.8. The predicted molar refractivity (Wildman–Crippen MR) is 117 cm³/mol. The summed E-state index contributed by atoms with van der Waals surface area (Å²) in [5, 5.41) is 3.52. The van der Waals surface area contributed by atoms with E-state index in [-0.39, 0.29) is 17.7 Å². The van der Waals surface area contributed by atoms with Gasteiger partial charge in [-0.05, 0) is 49.2 Å². The van der Waals surface area contributed by atoms with Gasteiger partial charge in [0.15, 0.2) is 0 Å². The molecule has 1 aliphatic carbocycles. The van der Waals surface area contributed by atoms with Crippen LogP contribution in [0.4, 0.5) is 5.69 Å². The fourth-order valence-corrected chi connectivity index (χ4v) is 3.68. The van der Waals surface area contributed by atoms with E-state index < -0.39 is 0 Å². The number of nitrogens with zero attached hydrogens (tertiary/aromatic N) is 2. The van der Waals surface area contributed by atoms with Crippen LogP contribution in [0.15, 0.2) is 48.5 Å². The molecule has 1 aliphatic heterocycles. The van der Waals surface area contributed by atoms with Crippen LogP contribution >= 0.6 is 11.6 Å². The molecule has 2 aromatic carbocycles. The SMILES string of the molecule is O=C(Nc1ccc(C(=O)N2CCN(CCOc3ccccc3Cl)CC2)cc1)C1CC1. The molecular formula is C23H26ClN3O3. The maximum atomic E-state index is 12.8. The summed E-state index contributed by atoms with van der Waals surface area (Å²) in [6, 6.07) is 14.6. The fraction of sp³-hybridized carbons (Fsp3) is 0.391. The molecular weight excluding hydrogens is 402 g/mol. The summed E-state index contributed by atoms with van der Waals surface area (Å²) in [6.07, 6.45) is 1.95. The quantitative estimate of drug-likeness (QED) is 0.734. The highest BCUT2D eigenvalue weighted by molar-refractivity contribution is 6.32. The number of hydrogen-bond donors (Lipinski definition) is 1. The van der Waals surface area contributed by atoms with E-state index in [0.717, 1.165) is 38.2 Å². The number of ether oxygens (including phenoxy) is 1. The van der Waals surface area contributed by atoms with Gasteiger partial charge in [-0.3, -0.25) is 14.5 Å². The average molecular weight is 428 g/mol. The maximum Gasteiger partial charge on any atom is 0.253 e. The Balaban J connectivity index is 1.21. The first kappa shape index (κ1) is 20.7.